The van der Waals surface area contributed by atoms with E-state index in [1.165, 1.54) is 21.8 Å². The minimum atomic E-state index is -0.213. The lowest BCUT2D eigenvalue weighted by atomic mass is 9.72. The monoisotopic (exact) mass is 429 g/mol. The van der Waals surface area contributed by atoms with Crippen molar-refractivity contribution in [2.45, 2.75) is 53.9 Å². The summed E-state index contributed by atoms with van der Waals surface area (Å²) in [5.74, 6) is 0.693. The van der Waals surface area contributed by atoms with Crippen LogP contribution in [-0.4, -0.2) is 51.7 Å². The highest BCUT2D eigenvalue weighted by Gasteiger charge is 2.32. The molecule has 0 aliphatic heterocycles. The lowest BCUT2D eigenvalue weighted by molar-refractivity contribution is -0.895. The first kappa shape index (κ1) is 21.2. The summed E-state index contributed by atoms with van der Waals surface area (Å²) in [5, 5.41) is 8.47. The molecule has 7 nitrogen and oxygen atoms in total. The predicted octanol–water partition coefficient (Wildman–Crippen LogP) is 2.14. The van der Waals surface area contributed by atoms with Crippen molar-refractivity contribution in [3.05, 3.63) is 22.6 Å². The normalized spacial score (nSPS) is 17.1. The van der Waals surface area contributed by atoms with Crippen LogP contribution in [0.5, 0.6) is 0 Å². The molecule has 2 N–H and O–H groups in total. The van der Waals surface area contributed by atoms with E-state index in [0.717, 1.165) is 48.3 Å². The molecule has 0 saturated carbocycles. The maximum atomic E-state index is 12.6. The van der Waals surface area contributed by atoms with Crippen molar-refractivity contribution in [1.82, 2.24) is 24.9 Å². The Morgan fingerprint density at radius 1 is 1.33 bits per heavy atom. The molecule has 8 heteroatoms. The number of fused-ring (bicyclic) bond motifs is 5. The van der Waals surface area contributed by atoms with Crippen LogP contribution in [0.15, 0.2) is 6.33 Å². The number of amides is 1. The van der Waals surface area contributed by atoms with Crippen LogP contribution in [0.3, 0.4) is 0 Å². The molecule has 3 aromatic rings. The molecular formula is C22H33N6OS+. The van der Waals surface area contributed by atoms with Crippen LogP contribution in [-0.2, 0) is 12.8 Å². The third-order valence-electron chi connectivity index (χ3n) is 6.58. The molecule has 1 aliphatic rings. The summed E-state index contributed by atoms with van der Waals surface area (Å²) in [6, 6.07) is 0. The molecule has 3 heterocycles. The molecule has 162 valence electrons. The van der Waals surface area contributed by atoms with E-state index < -0.39 is 0 Å². The van der Waals surface area contributed by atoms with Crippen LogP contribution in [0.2, 0.25) is 0 Å². The lowest BCUT2D eigenvalue weighted by Crippen LogP contribution is -3.12. The zero-order chi connectivity index (χ0) is 21.5. The van der Waals surface area contributed by atoms with Gasteiger partial charge >= 0.3 is 0 Å². The zero-order valence-electron chi connectivity index (χ0n) is 18.7. The van der Waals surface area contributed by atoms with E-state index in [-0.39, 0.29) is 11.7 Å². The number of aromatic nitrogens is 4. The number of thiophene rings is 1. The molecule has 1 aliphatic carbocycles. The Balaban J connectivity index is 1.60. The molecule has 3 aromatic heterocycles. The second kappa shape index (κ2) is 8.23. The average Bonchev–Trinajstić information content (AvgIpc) is 3.30. The van der Waals surface area contributed by atoms with E-state index in [1.807, 2.05) is 0 Å². The van der Waals surface area contributed by atoms with Crippen LogP contribution in [0.1, 0.15) is 62.1 Å². The molecule has 0 fully saturated rings. The largest absolute Gasteiger partial charge is 0.344 e. The van der Waals surface area contributed by atoms with Gasteiger partial charge in [0.15, 0.2) is 5.65 Å². The van der Waals surface area contributed by atoms with Crippen molar-refractivity contribution in [2.75, 3.05) is 26.2 Å². The van der Waals surface area contributed by atoms with Crippen LogP contribution in [0, 0.1) is 11.3 Å². The highest BCUT2D eigenvalue weighted by Crippen LogP contribution is 2.43. The second-order valence-corrected chi connectivity index (χ2v) is 10.5. The van der Waals surface area contributed by atoms with E-state index in [1.54, 1.807) is 22.2 Å². The summed E-state index contributed by atoms with van der Waals surface area (Å²) in [4.78, 5) is 25.8. The third kappa shape index (κ3) is 3.95. The summed E-state index contributed by atoms with van der Waals surface area (Å²) in [7, 11) is 0. The third-order valence-corrected chi connectivity index (χ3v) is 7.74. The van der Waals surface area contributed by atoms with Gasteiger partial charge < -0.3 is 10.2 Å². The second-order valence-electron chi connectivity index (χ2n) is 9.40. The van der Waals surface area contributed by atoms with Crippen molar-refractivity contribution in [3.63, 3.8) is 0 Å². The Kier molecular flexibility index (Phi) is 5.81. The van der Waals surface area contributed by atoms with Gasteiger partial charge in [-0.15, -0.1) is 16.4 Å². The Morgan fingerprint density at radius 3 is 2.80 bits per heavy atom. The summed E-state index contributed by atoms with van der Waals surface area (Å²) in [6.45, 7) is 15.0. The summed E-state index contributed by atoms with van der Waals surface area (Å²) < 4.78 is 1.66. The van der Waals surface area contributed by atoms with Crippen LogP contribution >= 0.6 is 11.3 Å². The first-order chi connectivity index (χ1) is 14.3. The number of hydrogen-bond donors (Lipinski definition) is 2. The highest BCUT2D eigenvalue weighted by atomic mass is 32.1. The van der Waals surface area contributed by atoms with Gasteiger partial charge in [0.05, 0.1) is 31.6 Å². The van der Waals surface area contributed by atoms with Gasteiger partial charge in [-0.25, -0.2) is 14.5 Å². The molecule has 0 spiro atoms. The quantitative estimate of drug-likeness (QED) is 0.630. The SMILES string of the molecule is CC[NH+](CC)CCNC(=O)c1nc2c3c4c(sc3ncn2n1)C[C@@H](C(C)(C)C)CC4. The lowest BCUT2D eigenvalue weighted by Gasteiger charge is -2.33. The topological polar surface area (TPSA) is 76.6 Å². The van der Waals surface area contributed by atoms with Crippen LogP contribution < -0.4 is 10.2 Å². The molecule has 0 unspecified atom stereocenters. The molecule has 0 saturated heterocycles. The smallest absolute Gasteiger partial charge is 0.291 e. The molecule has 30 heavy (non-hydrogen) atoms. The Hall–Kier alpha value is -2.06. The van der Waals surface area contributed by atoms with Crippen molar-refractivity contribution in [3.8, 4) is 0 Å². The van der Waals surface area contributed by atoms with Crippen molar-refractivity contribution < 1.29 is 9.69 Å². The maximum absolute atomic E-state index is 12.6. The molecular weight excluding hydrogens is 396 g/mol. The van der Waals surface area contributed by atoms with Crippen LogP contribution in [0.4, 0.5) is 0 Å². The number of nitrogens with one attached hydrogen (secondary N) is 2. The van der Waals surface area contributed by atoms with E-state index in [4.69, 9.17) is 0 Å². The molecule has 1 atom stereocenters. The number of rotatable bonds is 6. The number of carbonyl (C=O) groups excluding carboxylic acids is 1. The van der Waals surface area contributed by atoms with Gasteiger partial charge in [0.1, 0.15) is 11.2 Å². The molecule has 0 bridgehead atoms. The van der Waals surface area contributed by atoms with Crippen molar-refractivity contribution >= 4 is 33.1 Å². The van der Waals surface area contributed by atoms with Gasteiger partial charge in [-0.05, 0) is 50.0 Å². The van der Waals surface area contributed by atoms with Crippen molar-refractivity contribution in [1.29, 1.82) is 0 Å². The number of likely N-dealkylation sites (N-methyl/N-ethyl adjacent to an activating group) is 1. The highest BCUT2D eigenvalue weighted by molar-refractivity contribution is 7.19. The predicted molar refractivity (Wildman–Crippen MR) is 120 cm³/mol. The van der Waals surface area contributed by atoms with Crippen LogP contribution in [0.25, 0.3) is 15.9 Å². The number of aryl methyl sites for hydroxylation is 1. The van der Waals surface area contributed by atoms with Gasteiger partial charge in [-0.3, -0.25) is 4.79 Å². The molecule has 1 amide bonds. The number of quaternary nitrogens is 1. The number of hydrogen-bond acceptors (Lipinski definition) is 5. The summed E-state index contributed by atoms with van der Waals surface area (Å²) in [6.07, 6.45) is 5.00. The van der Waals surface area contributed by atoms with E-state index >= 15 is 0 Å². The molecule has 4 rings (SSSR count). The van der Waals surface area contributed by atoms with Crippen molar-refractivity contribution in [2.24, 2.45) is 11.3 Å². The fourth-order valence-corrected chi connectivity index (χ4v) is 5.71. The Labute approximate surface area is 181 Å². The minimum absolute atomic E-state index is 0.213. The maximum Gasteiger partial charge on any atom is 0.291 e. The van der Waals surface area contributed by atoms with Gasteiger partial charge in [-0.1, -0.05) is 20.8 Å². The molecule has 0 radical (unpaired) electrons. The van der Waals surface area contributed by atoms with E-state index in [0.29, 0.717) is 17.9 Å². The minimum Gasteiger partial charge on any atom is -0.344 e. The fourth-order valence-electron chi connectivity index (χ4n) is 4.45. The fraction of sp³-hybridized carbons (Fsp3) is 0.636. The van der Waals surface area contributed by atoms with Gasteiger partial charge in [0, 0.05) is 4.88 Å². The van der Waals surface area contributed by atoms with Gasteiger partial charge in [-0.2, -0.15) is 0 Å². The summed E-state index contributed by atoms with van der Waals surface area (Å²) in [5.41, 5.74) is 2.42. The Bertz CT molecular complexity index is 1060. The molecule has 0 aromatic carbocycles. The number of carbonyl (C=O) groups is 1. The van der Waals surface area contributed by atoms with E-state index in [2.05, 4.69) is 55.0 Å². The standard InChI is InChI=1S/C22H32N6OS/c1-6-27(7-2)11-10-23-20(29)18-25-19-17-15-9-8-14(22(3,4)5)12-16(15)30-21(17)24-13-28(19)26-18/h13-14H,6-12H2,1-5H3,(H,23,29)/p+1/t14-/m0/s1. The zero-order valence-corrected chi connectivity index (χ0v) is 19.5. The van der Waals surface area contributed by atoms with E-state index in [9.17, 15) is 4.79 Å². The van der Waals surface area contributed by atoms with Gasteiger partial charge in [0.25, 0.3) is 5.91 Å². The average molecular weight is 430 g/mol. The summed E-state index contributed by atoms with van der Waals surface area (Å²) >= 11 is 1.78. The first-order valence-electron chi connectivity index (χ1n) is 11.1. The Morgan fingerprint density at radius 2 is 2.10 bits per heavy atom. The first-order valence-corrected chi connectivity index (χ1v) is 11.9. The number of nitrogens with zero attached hydrogens (tertiary/aromatic N) is 4. The van der Waals surface area contributed by atoms with Gasteiger partial charge in [0.2, 0.25) is 5.82 Å².